The Hall–Kier alpha value is -4.11. The lowest BCUT2D eigenvalue weighted by molar-refractivity contribution is -0.385. The summed E-state index contributed by atoms with van der Waals surface area (Å²) in [4.78, 5) is 17.5. The number of aromatic nitrogens is 1. The van der Waals surface area contributed by atoms with Gasteiger partial charge >= 0.3 is 0 Å². The van der Waals surface area contributed by atoms with E-state index in [1.807, 2.05) is 24.3 Å². The molecule has 1 fully saturated rings. The molecular formula is C28H27FN4O4. The molecule has 4 aromatic rings. The molecule has 8 nitrogen and oxygen atoms in total. The fraction of sp³-hybridized carbons (Fsp3) is 0.286. The first-order chi connectivity index (χ1) is 18.1. The van der Waals surface area contributed by atoms with Crippen LogP contribution in [0.4, 0.5) is 15.8 Å². The maximum atomic E-state index is 13.4. The molecule has 0 saturated carbocycles. The van der Waals surface area contributed by atoms with Crippen molar-refractivity contribution in [3.05, 3.63) is 93.9 Å². The van der Waals surface area contributed by atoms with Crippen LogP contribution in [0.2, 0.25) is 0 Å². The number of aliphatic imine (C=N–C) groups is 1. The van der Waals surface area contributed by atoms with Crippen LogP contribution < -0.4 is 4.74 Å². The third-order valence-corrected chi connectivity index (χ3v) is 6.65. The van der Waals surface area contributed by atoms with E-state index in [1.165, 1.54) is 24.4 Å². The highest BCUT2D eigenvalue weighted by Crippen LogP contribution is 2.32. The lowest BCUT2D eigenvalue weighted by atomic mass is 9.91. The molecule has 37 heavy (non-hydrogen) atoms. The largest absolute Gasteiger partial charge is 0.494 e. The van der Waals surface area contributed by atoms with Gasteiger partial charge in [-0.25, -0.2) is 4.39 Å². The monoisotopic (exact) mass is 502 g/mol. The van der Waals surface area contributed by atoms with Crippen LogP contribution in [0.1, 0.15) is 36.4 Å². The van der Waals surface area contributed by atoms with E-state index in [9.17, 15) is 14.5 Å². The normalized spacial score (nSPS) is 14.9. The minimum atomic E-state index is -0.414. The number of likely N-dealkylation sites (tertiary alicyclic amines) is 1. The summed E-state index contributed by atoms with van der Waals surface area (Å²) in [6.07, 6.45) is 4.40. The summed E-state index contributed by atoms with van der Waals surface area (Å²) in [5.41, 5.74) is 2.63. The predicted octanol–water partition coefficient (Wildman–Crippen LogP) is 6.27. The molecule has 0 aliphatic carbocycles. The van der Waals surface area contributed by atoms with Crippen LogP contribution in [-0.2, 0) is 0 Å². The maximum absolute atomic E-state index is 13.4. The van der Waals surface area contributed by atoms with E-state index >= 15 is 0 Å². The number of halogens is 1. The number of benzene rings is 3. The molecule has 3 aromatic carbocycles. The fourth-order valence-electron chi connectivity index (χ4n) is 4.67. The number of hydrogen-bond donors (Lipinski definition) is 0. The second-order valence-corrected chi connectivity index (χ2v) is 9.09. The molecule has 0 radical (unpaired) electrons. The molecule has 1 aromatic heterocycles. The molecule has 1 aliphatic heterocycles. The summed E-state index contributed by atoms with van der Waals surface area (Å²) in [7, 11) is 0. The quantitative estimate of drug-likeness (QED) is 0.116. The third-order valence-electron chi connectivity index (χ3n) is 6.65. The van der Waals surface area contributed by atoms with Crippen molar-refractivity contribution in [1.29, 1.82) is 0 Å². The van der Waals surface area contributed by atoms with Crippen LogP contribution in [0.3, 0.4) is 0 Å². The van der Waals surface area contributed by atoms with Crippen molar-refractivity contribution in [2.75, 3.05) is 26.2 Å². The van der Waals surface area contributed by atoms with Gasteiger partial charge in [-0.3, -0.25) is 15.1 Å². The molecule has 2 heterocycles. The molecule has 0 amide bonds. The van der Waals surface area contributed by atoms with Crippen LogP contribution in [0.5, 0.6) is 5.75 Å². The first-order valence-electron chi connectivity index (χ1n) is 12.3. The van der Waals surface area contributed by atoms with E-state index in [0.717, 1.165) is 55.7 Å². The maximum Gasteiger partial charge on any atom is 0.278 e. The summed E-state index contributed by atoms with van der Waals surface area (Å²) in [6, 6.07) is 18.5. The standard InChI is InChI=1S/C28H27FN4O4/c29-22-6-11-25-27(18-22)37-31-28(25)20-12-15-32(16-13-20)14-3-17-36-24-9-7-23(8-10-24)30-19-21-4-1-2-5-26(21)33(34)35/h1-2,4-11,18-20H,3,12-17H2. The summed E-state index contributed by atoms with van der Waals surface area (Å²) in [6.45, 7) is 3.52. The Morgan fingerprint density at radius 2 is 1.92 bits per heavy atom. The number of para-hydroxylation sites is 1. The van der Waals surface area contributed by atoms with Crippen LogP contribution in [0.25, 0.3) is 11.0 Å². The smallest absolute Gasteiger partial charge is 0.278 e. The number of nitro groups is 1. The Bertz CT molecular complexity index is 1400. The molecule has 5 rings (SSSR count). The van der Waals surface area contributed by atoms with Gasteiger partial charge in [0.2, 0.25) is 0 Å². The first kappa shape index (κ1) is 24.6. The number of nitro benzene ring substituents is 1. The number of piperidine rings is 1. The van der Waals surface area contributed by atoms with Gasteiger partial charge in [-0.2, -0.15) is 0 Å². The summed E-state index contributed by atoms with van der Waals surface area (Å²) in [5.74, 6) is 0.777. The minimum absolute atomic E-state index is 0.0266. The summed E-state index contributed by atoms with van der Waals surface area (Å²) in [5, 5.41) is 16.3. The van der Waals surface area contributed by atoms with Gasteiger partial charge in [-0.05, 0) is 74.8 Å². The van der Waals surface area contributed by atoms with Crippen molar-refractivity contribution in [2.24, 2.45) is 4.99 Å². The Kier molecular flexibility index (Phi) is 7.51. The van der Waals surface area contributed by atoms with Crippen LogP contribution in [0, 0.1) is 15.9 Å². The Morgan fingerprint density at radius 1 is 1.14 bits per heavy atom. The van der Waals surface area contributed by atoms with Gasteiger partial charge in [0.15, 0.2) is 5.58 Å². The zero-order chi connectivity index (χ0) is 25.6. The van der Waals surface area contributed by atoms with Gasteiger partial charge in [0.1, 0.15) is 11.6 Å². The van der Waals surface area contributed by atoms with Gasteiger partial charge in [0, 0.05) is 36.2 Å². The fourth-order valence-corrected chi connectivity index (χ4v) is 4.67. The lowest BCUT2D eigenvalue weighted by Gasteiger charge is -2.31. The molecule has 0 spiro atoms. The molecule has 0 unspecified atom stereocenters. The molecule has 0 N–H and O–H groups in total. The van der Waals surface area contributed by atoms with Gasteiger partial charge in [0.25, 0.3) is 5.69 Å². The molecule has 0 atom stereocenters. The van der Waals surface area contributed by atoms with Crippen LogP contribution in [-0.4, -0.2) is 47.4 Å². The van der Waals surface area contributed by atoms with Gasteiger partial charge < -0.3 is 14.2 Å². The van der Waals surface area contributed by atoms with Crippen molar-refractivity contribution < 1.29 is 18.6 Å². The lowest BCUT2D eigenvalue weighted by Crippen LogP contribution is -2.34. The number of fused-ring (bicyclic) bond motifs is 1. The number of rotatable bonds is 9. The van der Waals surface area contributed by atoms with E-state index < -0.39 is 4.92 Å². The molecule has 1 aliphatic rings. The summed E-state index contributed by atoms with van der Waals surface area (Å²) < 4.78 is 24.6. The predicted molar refractivity (Wildman–Crippen MR) is 139 cm³/mol. The number of nitrogens with zero attached hydrogens (tertiary/aromatic N) is 4. The van der Waals surface area contributed by atoms with Crippen LogP contribution >= 0.6 is 0 Å². The first-order valence-corrected chi connectivity index (χ1v) is 12.3. The van der Waals surface area contributed by atoms with Crippen molar-refractivity contribution in [3.8, 4) is 5.75 Å². The van der Waals surface area contributed by atoms with Crippen molar-refractivity contribution in [3.63, 3.8) is 0 Å². The Morgan fingerprint density at radius 3 is 2.70 bits per heavy atom. The van der Waals surface area contributed by atoms with E-state index in [0.29, 0.717) is 29.4 Å². The average Bonchev–Trinajstić information content (AvgIpc) is 3.34. The topological polar surface area (TPSA) is 94.0 Å². The van der Waals surface area contributed by atoms with Crippen LogP contribution in [0.15, 0.2) is 76.2 Å². The van der Waals surface area contributed by atoms with Gasteiger partial charge in [0.05, 0.1) is 28.5 Å². The molecule has 1 saturated heterocycles. The molecule has 0 bridgehead atoms. The van der Waals surface area contributed by atoms with E-state index in [-0.39, 0.29) is 11.5 Å². The second kappa shape index (κ2) is 11.3. The SMILES string of the molecule is O=[N+]([O-])c1ccccc1C=Nc1ccc(OCCCN2CCC(c3noc4cc(F)ccc34)CC2)cc1. The second-order valence-electron chi connectivity index (χ2n) is 9.09. The summed E-state index contributed by atoms with van der Waals surface area (Å²) >= 11 is 0. The third kappa shape index (κ3) is 6.00. The Balaban J connectivity index is 1.05. The average molecular weight is 503 g/mol. The van der Waals surface area contributed by atoms with Crippen molar-refractivity contribution >= 4 is 28.6 Å². The van der Waals surface area contributed by atoms with Crippen molar-refractivity contribution in [1.82, 2.24) is 10.1 Å². The number of ether oxygens (including phenoxy) is 1. The van der Waals surface area contributed by atoms with E-state index in [2.05, 4.69) is 15.0 Å². The molecule has 190 valence electrons. The molecular weight excluding hydrogens is 475 g/mol. The van der Waals surface area contributed by atoms with Gasteiger partial charge in [-0.15, -0.1) is 0 Å². The van der Waals surface area contributed by atoms with E-state index in [1.54, 1.807) is 24.3 Å². The highest BCUT2D eigenvalue weighted by Gasteiger charge is 2.25. The zero-order valence-electron chi connectivity index (χ0n) is 20.3. The highest BCUT2D eigenvalue weighted by molar-refractivity contribution is 5.87. The highest BCUT2D eigenvalue weighted by atomic mass is 19.1. The van der Waals surface area contributed by atoms with Gasteiger partial charge in [-0.1, -0.05) is 17.3 Å². The Labute approximate surface area is 213 Å². The zero-order valence-corrected chi connectivity index (χ0v) is 20.3. The van der Waals surface area contributed by atoms with E-state index in [4.69, 9.17) is 9.26 Å². The van der Waals surface area contributed by atoms with Crippen molar-refractivity contribution in [2.45, 2.75) is 25.2 Å². The number of hydrogen-bond acceptors (Lipinski definition) is 7. The minimum Gasteiger partial charge on any atom is -0.494 e. The molecule has 9 heteroatoms.